The average molecular weight is 296 g/mol. The van der Waals surface area contributed by atoms with Gasteiger partial charge in [0.05, 0.1) is 4.90 Å². The molecular weight excluding hydrogens is 272 g/mol. The molecule has 2 rings (SSSR count). The number of hydrogen-bond acceptors (Lipinski definition) is 3. The lowest BCUT2D eigenvalue weighted by molar-refractivity contribution is 0.288. The minimum Gasteiger partial charge on any atom is -0.388 e. The number of aryl methyl sites for hydroxylation is 2. The van der Waals surface area contributed by atoms with E-state index in [0.29, 0.717) is 23.9 Å². The number of nitrogens with one attached hydrogen (secondary N) is 1. The van der Waals surface area contributed by atoms with Crippen LogP contribution in [0.25, 0.3) is 0 Å². The molecule has 1 aliphatic rings. The Labute approximate surface area is 122 Å². The zero-order chi connectivity index (χ0) is 14.9. The smallest absolute Gasteiger partial charge is 0.243 e. The number of benzene rings is 1. The third-order valence-corrected chi connectivity index (χ3v) is 6.29. The van der Waals surface area contributed by atoms with Crippen molar-refractivity contribution in [2.75, 3.05) is 25.5 Å². The Morgan fingerprint density at radius 3 is 2.10 bits per heavy atom. The molecule has 20 heavy (non-hydrogen) atoms. The average Bonchev–Trinajstić information content (AvgIpc) is 2.37. The zero-order valence-electron chi connectivity index (χ0n) is 12.7. The van der Waals surface area contributed by atoms with E-state index in [0.717, 1.165) is 29.7 Å². The van der Waals surface area contributed by atoms with E-state index in [2.05, 4.69) is 12.2 Å². The van der Waals surface area contributed by atoms with Crippen molar-refractivity contribution in [3.05, 3.63) is 23.3 Å². The molecule has 1 N–H and O–H groups in total. The van der Waals surface area contributed by atoms with Crippen LogP contribution in [-0.4, -0.2) is 32.9 Å². The van der Waals surface area contributed by atoms with Crippen LogP contribution >= 0.6 is 0 Å². The van der Waals surface area contributed by atoms with Crippen molar-refractivity contribution in [1.82, 2.24) is 4.31 Å². The van der Waals surface area contributed by atoms with Gasteiger partial charge >= 0.3 is 0 Å². The second kappa shape index (κ2) is 5.74. The van der Waals surface area contributed by atoms with Crippen LogP contribution in [0.5, 0.6) is 0 Å². The Kier molecular flexibility index (Phi) is 4.39. The van der Waals surface area contributed by atoms with Crippen molar-refractivity contribution < 1.29 is 8.42 Å². The zero-order valence-corrected chi connectivity index (χ0v) is 13.5. The van der Waals surface area contributed by atoms with Crippen LogP contribution in [0, 0.1) is 19.8 Å². The van der Waals surface area contributed by atoms with Crippen molar-refractivity contribution >= 4 is 15.7 Å². The maximum absolute atomic E-state index is 12.8. The van der Waals surface area contributed by atoms with Crippen molar-refractivity contribution in [3.8, 4) is 0 Å². The molecule has 1 fully saturated rings. The third kappa shape index (κ3) is 2.83. The van der Waals surface area contributed by atoms with Crippen molar-refractivity contribution in [1.29, 1.82) is 0 Å². The maximum atomic E-state index is 12.8. The highest BCUT2D eigenvalue weighted by molar-refractivity contribution is 7.89. The Hall–Kier alpha value is -1.07. The molecule has 1 aromatic carbocycles. The maximum Gasteiger partial charge on any atom is 0.243 e. The molecule has 0 aliphatic carbocycles. The lowest BCUT2D eigenvalue weighted by atomic mass is 10.0. The number of rotatable bonds is 3. The largest absolute Gasteiger partial charge is 0.388 e. The number of sulfonamides is 1. The highest BCUT2D eigenvalue weighted by Gasteiger charge is 2.30. The summed E-state index contributed by atoms with van der Waals surface area (Å²) in [6.45, 7) is 7.19. The molecule has 0 bridgehead atoms. The molecule has 0 radical (unpaired) electrons. The van der Waals surface area contributed by atoms with E-state index in [1.54, 1.807) is 4.31 Å². The number of piperidine rings is 1. The van der Waals surface area contributed by atoms with Crippen LogP contribution in [0.15, 0.2) is 17.0 Å². The summed E-state index contributed by atoms with van der Waals surface area (Å²) in [5.74, 6) is 0.621. The molecule has 1 saturated heterocycles. The van der Waals surface area contributed by atoms with E-state index in [1.807, 2.05) is 33.0 Å². The van der Waals surface area contributed by atoms with Crippen LogP contribution < -0.4 is 5.32 Å². The van der Waals surface area contributed by atoms with E-state index < -0.39 is 10.0 Å². The minimum atomic E-state index is -3.37. The van der Waals surface area contributed by atoms with Crippen LogP contribution in [-0.2, 0) is 10.0 Å². The van der Waals surface area contributed by atoms with Crippen LogP contribution in [0.2, 0.25) is 0 Å². The highest BCUT2D eigenvalue weighted by Crippen LogP contribution is 2.29. The van der Waals surface area contributed by atoms with Crippen molar-refractivity contribution in [3.63, 3.8) is 0 Å². The first-order valence-corrected chi connectivity index (χ1v) is 8.59. The van der Waals surface area contributed by atoms with Gasteiger partial charge in [0.25, 0.3) is 0 Å². The van der Waals surface area contributed by atoms with Crippen molar-refractivity contribution in [2.24, 2.45) is 5.92 Å². The Morgan fingerprint density at radius 2 is 1.65 bits per heavy atom. The molecule has 112 valence electrons. The molecule has 1 aliphatic heterocycles. The van der Waals surface area contributed by atoms with Gasteiger partial charge in [-0.05, 0) is 55.9 Å². The Bertz CT molecular complexity index is 565. The lowest BCUT2D eigenvalue weighted by Crippen LogP contribution is -2.38. The monoisotopic (exact) mass is 296 g/mol. The molecule has 0 spiro atoms. The second-order valence-electron chi connectivity index (χ2n) is 5.78. The second-order valence-corrected chi connectivity index (χ2v) is 7.65. The molecule has 1 aromatic rings. The van der Waals surface area contributed by atoms with E-state index >= 15 is 0 Å². The first-order chi connectivity index (χ1) is 9.36. The third-order valence-electron chi connectivity index (χ3n) is 4.09. The number of hydrogen-bond donors (Lipinski definition) is 1. The molecule has 0 atom stereocenters. The fourth-order valence-corrected chi connectivity index (χ4v) is 4.74. The molecule has 0 amide bonds. The first kappa shape index (κ1) is 15.3. The van der Waals surface area contributed by atoms with Gasteiger partial charge in [-0.1, -0.05) is 6.92 Å². The molecular formula is C15H24N2O2S. The summed E-state index contributed by atoms with van der Waals surface area (Å²) in [7, 11) is -1.52. The van der Waals surface area contributed by atoms with E-state index in [-0.39, 0.29) is 0 Å². The van der Waals surface area contributed by atoms with Crippen LogP contribution in [0.1, 0.15) is 30.9 Å². The molecule has 0 aromatic heterocycles. The molecule has 0 unspecified atom stereocenters. The standard InChI is InChI=1S/C15H24N2O2S/c1-11-5-7-17(8-6-11)20(18,19)15-12(2)9-14(16-4)10-13(15)3/h9-11,16H,5-8H2,1-4H3. The summed E-state index contributed by atoms with van der Waals surface area (Å²) < 4.78 is 27.3. The van der Waals surface area contributed by atoms with Gasteiger partial charge in [0.1, 0.15) is 0 Å². The van der Waals surface area contributed by atoms with E-state index in [9.17, 15) is 8.42 Å². The van der Waals surface area contributed by atoms with Gasteiger partial charge in [-0.3, -0.25) is 0 Å². The van der Waals surface area contributed by atoms with Crippen LogP contribution in [0.4, 0.5) is 5.69 Å². The molecule has 5 heteroatoms. The van der Waals surface area contributed by atoms with Gasteiger partial charge < -0.3 is 5.32 Å². The summed E-state index contributed by atoms with van der Waals surface area (Å²) in [5.41, 5.74) is 2.58. The van der Waals surface area contributed by atoms with E-state index in [4.69, 9.17) is 0 Å². The van der Waals surface area contributed by atoms with Crippen molar-refractivity contribution in [2.45, 2.75) is 38.5 Å². The van der Waals surface area contributed by atoms with Gasteiger partial charge in [-0.2, -0.15) is 4.31 Å². The predicted molar refractivity (Wildman–Crippen MR) is 82.6 cm³/mol. The van der Waals surface area contributed by atoms with Gasteiger partial charge in [-0.15, -0.1) is 0 Å². The Morgan fingerprint density at radius 1 is 1.15 bits per heavy atom. The fraction of sp³-hybridized carbons (Fsp3) is 0.600. The molecule has 1 heterocycles. The highest BCUT2D eigenvalue weighted by atomic mass is 32.2. The van der Waals surface area contributed by atoms with Gasteiger partial charge in [0.15, 0.2) is 0 Å². The summed E-state index contributed by atoms with van der Waals surface area (Å²) in [5, 5.41) is 3.06. The van der Waals surface area contributed by atoms with Gasteiger partial charge in [0, 0.05) is 25.8 Å². The first-order valence-electron chi connectivity index (χ1n) is 7.15. The summed E-state index contributed by atoms with van der Waals surface area (Å²) >= 11 is 0. The topological polar surface area (TPSA) is 49.4 Å². The Balaban J connectivity index is 2.39. The predicted octanol–water partition coefficient (Wildman–Crippen LogP) is 2.77. The van der Waals surface area contributed by atoms with Crippen LogP contribution in [0.3, 0.4) is 0 Å². The normalized spacial score (nSPS) is 18.2. The van der Waals surface area contributed by atoms with Gasteiger partial charge in [0.2, 0.25) is 10.0 Å². The minimum absolute atomic E-state index is 0.478. The summed E-state index contributed by atoms with van der Waals surface area (Å²) in [4.78, 5) is 0.478. The number of anilines is 1. The summed E-state index contributed by atoms with van der Waals surface area (Å²) in [6, 6.07) is 3.79. The molecule has 0 saturated carbocycles. The fourth-order valence-electron chi connectivity index (χ4n) is 2.86. The molecule has 4 nitrogen and oxygen atoms in total. The van der Waals surface area contributed by atoms with E-state index in [1.165, 1.54) is 0 Å². The lowest BCUT2D eigenvalue weighted by Gasteiger charge is -2.30. The quantitative estimate of drug-likeness (QED) is 0.933. The summed E-state index contributed by atoms with van der Waals surface area (Å²) in [6.07, 6.45) is 1.90. The number of nitrogens with zero attached hydrogens (tertiary/aromatic N) is 1. The van der Waals surface area contributed by atoms with Gasteiger partial charge in [-0.25, -0.2) is 8.42 Å². The SMILES string of the molecule is CNc1cc(C)c(S(=O)(=O)N2CCC(C)CC2)c(C)c1.